The third-order valence-corrected chi connectivity index (χ3v) is 2.12. The van der Waals surface area contributed by atoms with Gasteiger partial charge < -0.3 is 20.3 Å². The summed E-state index contributed by atoms with van der Waals surface area (Å²) in [4.78, 5) is 0. The maximum Gasteiger partial charge on any atom is 0.166 e. The first-order chi connectivity index (χ1) is 6.81. The lowest BCUT2D eigenvalue weighted by atomic mass is 10.1. The standard InChI is InChI=1S/C10H13NO3/c11-8-4-7(6-12)10-9(5-8)13-2-1-3-14-10/h4-5,12H,1-3,6,11H2. The Morgan fingerprint density at radius 1 is 1.29 bits per heavy atom. The SMILES string of the molecule is Nc1cc(CO)c2c(c1)OCCCO2. The molecule has 1 heterocycles. The number of nitrogen functional groups attached to an aromatic ring is 1. The summed E-state index contributed by atoms with van der Waals surface area (Å²) in [5.74, 6) is 1.26. The van der Waals surface area contributed by atoms with Gasteiger partial charge in [0.1, 0.15) is 0 Å². The van der Waals surface area contributed by atoms with E-state index in [1.807, 2.05) is 0 Å². The van der Waals surface area contributed by atoms with Crippen LogP contribution in [0.4, 0.5) is 5.69 Å². The highest BCUT2D eigenvalue weighted by atomic mass is 16.5. The van der Waals surface area contributed by atoms with Gasteiger partial charge in [-0.15, -0.1) is 0 Å². The van der Waals surface area contributed by atoms with Crippen LogP contribution >= 0.6 is 0 Å². The summed E-state index contributed by atoms with van der Waals surface area (Å²) in [5.41, 5.74) is 6.93. The smallest absolute Gasteiger partial charge is 0.166 e. The Morgan fingerprint density at radius 2 is 2.07 bits per heavy atom. The van der Waals surface area contributed by atoms with Crippen LogP contribution in [-0.4, -0.2) is 18.3 Å². The molecular weight excluding hydrogens is 182 g/mol. The maximum atomic E-state index is 9.12. The molecule has 14 heavy (non-hydrogen) atoms. The van der Waals surface area contributed by atoms with Gasteiger partial charge in [0.2, 0.25) is 0 Å². The van der Waals surface area contributed by atoms with E-state index < -0.39 is 0 Å². The van der Waals surface area contributed by atoms with Gasteiger partial charge in [-0.1, -0.05) is 0 Å². The van der Waals surface area contributed by atoms with Gasteiger partial charge in [-0.3, -0.25) is 0 Å². The lowest BCUT2D eigenvalue weighted by Crippen LogP contribution is -1.99. The molecular formula is C10H13NO3. The summed E-state index contributed by atoms with van der Waals surface area (Å²) in [6.07, 6.45) is 0.847. The second-order valence-electron chi connectivity index (χ2n) is 3.22. The molecule has 3 N–H and O–H groups in total. The molecule has 0 atom stereocenters. The Kier molecular flexibility index (Phi) is 2.45. The highest BCUT2D eigenvalue weighted by Gasteiger charge is 2.15. The molecule has 0 radical (unpaired) electrons. The molecule has 0 saturated carbocycles. The zero-order valence-electron chi connectivity index (χ0n) is 7.82. The normalized spacial score (nSPS) is 14.9. The molecule has 4 nitrogen and oxygen atoms in total. The van der Waals surface area contributed by atoms with Crippen LogP contribution in [0.25, 0.3) is 0 Å². The van der Waals surface area contributed by atoms with E-state index in [0.717, 1.165) is 6.42 Å². The number of benzene rings is 1. The van der Waals surface area contributed by atoms with Gasteiger partial charge in [0.15, 0.2) is 11.5 Å². The predicted molar refractivity (Wildman–Crippen MR) is 52.4 cm³/mol. The van der Waals surface area contributed by atoms with Crippen molar-refractivity contribution in [3.8, 4) is 11.5 Å². The molecule has 1 aromatic carbocycles. The monoisotopic (exact) mass is 195 g/mol. The highest BCUT2D eigenvalue weighted by Crippen LogP contribution is 2.35. The second-order valence-corrected chi connectivity index (χ2v) is 3.22. The molecule has 76 valence electrons. The van der Waals surface area contributed by atoms with Crippen molar-refractivity contribution in [2.75, 3.05) is 18.9 Å². The van der Waals surface area contributed by atoms with E-state index in [9.17, 15) is 0 Å². The fourth-order valence-corrected chi connectivity index (χ4v) is 1.49. The molecule has 4 heteroatoms. The molecule has 1 aromatic rings. The number of anilines is 1. The van der Waals surface area contributed by atoms with E-state index in [0.29, 0.717) is 36.0 Å². The molecule has 2 rings (SSSR count). The number of ether oxygens (including phenoxy) is 2. The first kappa shape index (κ1) is 9.15. The molecule has 0 spiro atoms. The summed E-state index contributed by atoms with van der Waals surface area (Å²) < 4.78 is 10.9. The fraction of sp³-hybridized carbons (Fsp3) is 0.400. The van der Waals surface area contributed by atoms with Crippen molar-refractivity contribution in [2.45, 2.75) is 13.0 Å². The van der Waals surface area contributed by atoms with Crippen molar-refractivity contribution in [3.05, 3.63) is 17.7 Å². The minimum absolute atomic E-state index is 0.0866. The van der Waals surface area contributed by atoms with Crippen molar-refractivity contribution >= 4 is 5.69 Å². The number of aliphatic hydroxyl groups excluding tert-OH is 1. The lowest BCUT2D eigenvalue weighted by Gasteiger charge is -2.11. The number of hydrogen-bond donors (Lipinski definition) is 2. The third-order valence-electron chi connectivity index (χ3n) is 2.12. The third kappa shape index (κ3) is 1.61. The Bertz CT molecular complexity index is 338. The molecule has 0 saturated heterocycles. The quantitative estimate of drug-likeness (QED) is 0.654. The van der Waals surface area contributed by atoms with Gasteiger partial charge in [-0.25, -0.2) is 0 Å². The van der Waals surface area contributed by atoms with Gasteiger partial charge >= 0.3 is 0 Å². The van der Waals surface area contributed by atoms with Crippen molar-refractivity contribution < 1.29 is 14.6 Å². The fourth-order valence-electron chi connectivity index (χ4n) is 1.49. The Hall–Kier alpha value is -1.42. The van der Waals surface area contributed by atoms with Crippen molar-refractivity contribution in [3.63, 3.8) is 0 Å². The number of rotatable bonds is 1. The van der Waals surface area contributed by atoms with Crippen molar-refractivity contribution in [2.24, 2.45) is 0 Å². The summed E-state index contributed by atoms with van der Waals surface area (Å²) in [5, 5.41) is 9.12. The van der Waals surface area contributed by atoms with Gasteiger partial charge in [0.25, 0.3) is 0 Å². The number of fused-ring (bicyclic) bond motifs is 1. The first-order valence-corrected chi connectivity index (χ1v) is 4.60. The highest BCUT2D eigenvalue weighted by molar-refractivity contribution is 5.57. The van der Waals surface area contributed by atoms with Crippen LogP contribution in [0.15, 0.2) is 12.1 Å². The van der Waals surface area contributed by atoms with Gasteiger partial charge in [-0.2, -0.15) is 0 Å². The zero-order valence-corrected chi connectivity index (χ0v) is 7.82. The largest absolute Gasteiger partial charge is 0.489 e. The van der Waals surface area contributed by atoms with E-state index in [2.05, 4.69) is 0 Å². The van der Waals surface area contributed by atoms with E-state index in [4.69, 9.17) is 20.3 Å². The Labute approximate surface area is 82.2 Å². The van der Waals surface area contributed by atoms with Crippen LogP contribution in [0.1, 0.15) is 12.0 Å². The topological polar surface area (TPSA) is 64.7 Å². The minimum Gasteiger partial charge on any atom is -0.489 e. The average molecular weight is 195 g/mol. The van der Waals surface area contributed by atoms with E-state index in [1.54, 1.807) is 12.1 Å². The van der Waals surface area contributed by atoms with Gasteiger partial charge in [0, 0.05) is 23.7 Å². The molecule has 0 amide bonds. The number of nitrogens with two attached hydrogens (primary N) is 1. The minimum atomic E-state index is -0.0866. The summed E-state index contributed by atoms with van der Waals surface area (Å²) in [6, 6.07) is 3.42. The summed E-state index contributed by atoms with van der Waals surface area (Å²) in [6.45, 7) is 1.15. The van der Waals surface area contributed by atoms with Crippen molar-refractivity contribution in [1.29, 1.82) is 0 Å². The molecule has 1 aliphatic heterocycles. The van der Waals surface area contributed by atoms with Crippen LogP contribution in [0.3, 0.4) is 0 Å². The van der Waals surface area contributed by atoms with E-state index >= 15 is 0 Å². The molecule has 0 fully saturated rings. The van der Waals surface area contributed by atoms with Crippen LogP contribution in [0.5, 0.6) is 11.5 Å². The lowest BCUT2D eigenvalue weighted by molar-refractivity contribution is 0.264. The Balaban J connectivity index is 2.46. The number of hydrogen-bond acceptors (Lipinski definition) is 4. The molecule has 1 aliphatic rings. The van der Waals surface area contributed by atoms with E-state index in [1.165, 1.54) is 0 Å². The van der Waals surface area contributed by atoms with Crippen LogP contribution < -0.4 is 15.2 Å². The summed E-state index contributed by atoms with van der Waals surface area (Å²) in [7, 11) is 0. The average Bonchev–Trinajstić information content (AvgIpc) is 2.41. The number of aliphatic hydroxyl groups is 1. The predicted octanol–water partition coefficient (Wildman–Crippen LogP) is 0.922. The molecule has 0 bridgehead atoms. The summed E-state index contributed by atoms with van der Waals surface area (Å²) >= 11 is 0. The molecule has 0 aromatic heterocycles. The zero-order chi connectivity index (χ0) is 9.97. The second kappa shape index (κ2) is 3.75. The van der Waals surface area contributed by atoms with Crippen LogP contribution in [0, 0.1) is 0 Å². The molecule has 0 unspecified atom stereocenters. The van der Waals surface area contributed by atoms with Crippen molar-refractivity contribution in [1.82, 2.24) is 0 Å². The van der Waals surface area contributed by atoms with Gasteiger partial charge in [0.05, 0.1) is 19.8 Å². The van der Waals surface area contributed by atoms with Crippen LogP contribution in [0.2, 0.25) is 0 Å². The van der Waals surface area contributed by atoms with Gasteiger partial charge in [-0.05, 0) is 6.07 Å². The Morgan fingerprint density at radius 3 is 2.86 bits per heavy atom. The van der Waals surface area contributed by atoms with E-state index in [-0.39, 0.29) is 6.61 Å². The van der Waals surface area contributed by atoms with Crippen LogP contribution in [-0.2, 0) is 6.61 Å². The first-order valence-electron chi connectivity index (χ1n) is 4.60. The molecule has 0 aliphatic carbocycles. The maximum absolute atomic E-state index is 9.12.